The molecule has 0 aromatic heterocycles. The molecule has 1 aromatic carbocycles. The van der Waals surface area contributed by atoms with Crippen molar-refractivity contribution in [2.45, 2.75) is 38.8 Å². The number of amides is 1. The van der Waals surface area contributed by atoms with Gasteiger partial charge in [0, 0.05) is 6.54 Å². The molecule has 2 aliphatic rings. The van der Waals surface area contributed by atoms with Gasteiger partial charge >= 0.3 is 0 Å². The van der Waals surface area contributed by atoms with E-state index in [0.717, 1.165) is 25.9 Å². The normalized spacial score (nSPS) is 29.4. The number of hydrogen-bond donors (Lipinski definition) is 1. The fourth-order valence-electron chi connectivity index (χ4n) is 3.50. The molecule has 1 amide bonds. The SMILES string of the molecule is Cc1ccccc1[C@@H]1CN(C(=O)[C@H]2CCCNC2)[C@H](C)CO1. The summed E-state index contributed by atoms with van der Waals surface area (Å²) < 4.78 is 6.02. The Morgan fingerprint density at radius 3 is 2.91 bits per heavy atom. The molecule has 1 aromatic rings. The van der Waals surface area contributed by atoms with Crippen molar-refractivity contribution in [3.8, 4) is 0 Å². The predicted octanol–water partition coefficient (Wildman–Crippen LogP) is 2.28. The lowest BCUT2D eigenvalue weighted by Crippen LogP contribution is -2.52. The molecule has 22 heavy (non-hydrogen) atoms. The third-order valence-electron chi connectivity index (χ3n) is 4.90. The van der Waals surface area contributed by atoms with Crippen molar-refractivity contribution in [3.63, 3.8) is 0 Å². The smallest absolute Gasteiger partial charge is 0.227 e. The predicted molar refractivity (Wildman–Crippen MR) is 86.6 cm³/mol. The van der Waals surface area contributed by atoms with E-state index in [1.54, 1.807) is 0 Å². The van der Waals surface area contributed by atoms with Gasteiger partial charge in [-0.3, -0.25) is 4.79 Å². The molecule has 0 spiro atoms. The van der Waals surface area contributed by atoms with Crippen molar-refractivity contribution in [3.05, 3.63) is 35.4 Å². The number of morpholine rings is 1. The van der Waals surface area contributed by atoms with Crippen LogP contribution in [0.1, 0.15) is 37.0 Å². The summed E-state index contributed by atoms with van der Waals surface area (Å²) in [6.45, 7) is 7.33. The molecule has 1 N–H and O–H groups in total. The highest BCUT2D eigenvalue weighted by Crippen LogP contribution is 2.28. The number of rotatable bonds is 2. The average Bonchev–Trinajstić information content (AvgIpc) is 2.56. The highest BCUT2D eigenvalue weighted by Gasteiger charge is 2.34. The number of carbonyl (C=O) groups is 1. The lowest BCUT2D eigenvalue weighted by molar-refractivity contribution is -0.149. The van der Waals surface area contributed by atoms with Gasteiger partial charge in [0.25, 0.3) is 0 Å². The van der Waals surface area contributed by atoms with Crippen LogP contribution in [-0.4, -0.2) is 43.1 Å². The molecule has 2 saturated heterocycles. The van der Waals surface area contributed by atoms with Gasteiger partial charge in [0.2, 0.25) is 5.91 Å². The van der Waals surface area contributed by atoms with Crippen molar-refractivity contribution in [2.75, 3.05) is 26.2 Å². The zero-order valence-corrected chi connectivity index (χ0v) is 13.5. The van der Waals surface area contributed by atoms with Crippen LogP contribution in [0.2, 0.25) is 0 Å². The van der Waals surface area contributed by atoms with Crippen LogP contribution in [0.3, 0.4) is 0 Å². The molecular formula is C18H26N2O2. The van der Waals surface area contributed by atoms with E-state index in [1.165, 1.54) is 11.1 Å². The molecule has 0 aliphatic carbocycles. The van der Waals surface area contributed by atoms with Crippen LogP contribution in [-0.2, 0) is 9.53 Å². The quantitative estimate of drug-likeness (QED) is 0.911. The van der Waals surface area contributed by atoms with Crippen LogP contribution in [0.4, 0.5) is 0 Å². The first kappa shape index (κ1) is 15.5. The first-order valence-electron chi connectivity index (χ1n) is 8.35. The molecule has 0 saturated carbocycles. The van der Waals surface area contributed by atoms with Gasteiger partial charge in [-0.25, -0.2) is 0 Å². The molecule has 3 rings (SSSR count). The monoisotopic (exact) mass is 302 g/mol. The number of ether oxygens (including phenoxy) is 1. The molecule has 2 aliphatic heterocycles. The van der Waals surface area contributed by atoms with Gasteiger partial charge in [0.05, 0.1) is 25.1 Å². The molecule has 4 heteroatoms. The van der Waals surface area contributed by atoms with Crippen LogP contribution in [0.15, 0.2) is 24.3 Å². The second kappa shape index (κ2) is 6.80. The Morgan fingerprint density at radius 2 is 2.18 bits per heavy atom. The molecule has 4 nitrogen and oxygen atoms in total. The van der Waals surface area contributed by atoms with E-state index < -0.39 is 0 Å². The number of nitrogens with one attached hydrogen (secondary N) is 1. The van der Waals surface area contributed by atoms with Crippen molar-refractivity contribution in [2.24, 2.45) is 5.92 Å². The Bertz CT molecular complexity index is 526. The molecule has 2 heterocycles. The summed E-state index contributed by atoms with van der Waals surface area (Å²) in [5.74, 6) is 0.424. The Kier molecular flexibility index (Phi) is 4.79. The molecule has 120 valence electrons. The maximum atomic E-state index is 12.9. The number of nitrogens with zero attached hydrogens (tertiary/aromatic N) is 1. The Hall–Kier alpha value is -1.39. The first-order valence-corrected chi connectivity index (χ1v) is 8.35. The number of aryl methyl sites for hydroxylation is 1. The molecule has 0 unspecified atom stereocenters. The average molecular weight is 302 g/mol. The summed E-state index contributed by atoms with van der Waals surface area (Å²) in [7, 11) is 0. The van der Waals surface area contributed by atoms with Crippen molar-refractivity contribution in [1.82, 2.24) is 10.2 Å². The van der Waals surface area contributed by atoms with Crippen LogP contribution in [0.25, 0.3) is 0 Å². The molecule has 3 atom stereocenters. The Labute approximate surface area is 132 Å². The standard InChI is InChI=1S/C18H26N2O2/c1-13-6-3-4-8-16(13)17-11-20(14(2)12-22-17)18(21)15-7-5-9-19-10-15/h3-4,6,8,14-15,17,19H,5,7,9-12H2,1-2H3/t14-,15+,17+/m1/s1. The van der Waals surface area contributed by atoms with Gasteiger partial charge in [-0.2, -0.15) is 0 Å². The van der Waals surface area contributed by atoms with Crippen LogP contribution in [0.5, 0.6) is 0 Å². The summed E-state index contributed by atoms with van der Waals surface area (Å²) in [6, 6.07) is 8.46. The number of hydrogen-bond acceptors (Lipinski definition) is 3. The van der Waals surface area contributed by atoms with Gasteiger partial charge in [0.15, 0.2) is 0 Å². The van der Waals surface area contributed by atoms with E-state index in [1.807, 2.05) is 17.0 Å². The lowest BCUT2D eigenvalue weighted by Gasteiger charge is -2.40. The summed E-state index contributed by atoms with van der Waals surface area (Å²) in [6.07, 6.45) is 2.10. The zero-order chi connectivity index (χ0) is 15.5. The zero-order valence-electron chi connectivity index (χ0n) is 13.5. The molecule has 2 fully saturated rings. The Morgan fingerprint density at radius 1 is 1.36 bits per heavy atom. The van der Waals surface area contributed by atoms with E-state index in [0.29, 0.717) is 19.1 Å². The maximum absolute atomic E-state index is 12.9. The van der Waals surface area contributed by atoms with E-state index >= 15 is 0 Å². The molecule has 0 radical (unpaired) electrons. The summed E-state index contributed by atoms with van der Waals surface area (Å²) >= 11 is 0. The van der Waals surface area contributed by atoms with Crippen molar-refractivity contribution >= 4 is 5.91 Å². The van der Waals surface area contributed by atoms with Crippen LogP contribution < -0.4 is 5.32 Å². The first-order chi connectivity index (χ1) is 10.7. The van der Waals surface area contributed by atoms with Gasteiger partial charge in [-0.15, -0.1) is 0 Å². The molecular weight excluding hydrogens is 276 g/mol. The van der Waals surface area contributed by atoms with E-state index in [2.05, 4.69) is 31.3 Å². The van der Waals surface area contributed by atoms with E-state index in [4.69, 9.17) is 4.74 Å². The highest BCUT2D eigenvalue weighted by molar-refractivity contribution is 5.79. The second-order valence-electron chi connectivity index (χ2n) is 6.56. The number of benzene rings is 1. The highest BCUT2D eigenvalue weighted by atomic mass is 16.5. The van der Waals surface area contributed by atoms with Crippen molar-refractivity contribution < 1.29 is 9.53 Å². The number of piperidine rings is 1. The summed E-state index contributed by atoms with van der Waals surface area (Å²) in [5.41, 5.74) is 2.43. The minimum atomic E-state index is -0.00194. The van der Waals surface area contributed by atoms with Crippen LogP contribution >= 0.6 is 0 Å². The van der Waals surface area contributed by atoms with Crippen LogP contribution in [0, 0.1) is 12.8 Å². The second-order valence-corrected chi connectivity index (χ2v) is 6.56. The van der Waals surface area contributed by atoms with Crippen molar-refractivity contribution in [1.29, 1.82) is 0 Å². The van der Waals surface area contributed by atoms with Gasteiger partial charge in [-0.05, 0) is 44.4 Å². The van der Waals surface area contributed by atoms with E-state index in [-0.39, 0.29) is 18.1 Å². The lowest BCUT2D eigenvalue weighted by atomic mass is 9.95. The van der Waals surface area contributed by atoms with E-state index in [9.17, 15) is 4.79 Å². The number of carbonyl (C=O) groups excluding carboxylic acids is 1. The molecule has 0 bridgehead atoms. The fraction of sp³-hybridized carbons (Fsp3) is 0.611. The summed E-state index contributed by atoms with van der Waals surface area (Å²) in [4.78, 5) is 14.9. The third-order valence-corrected chi connectivity index (χ3v) is 4.90. The van der Waals surface area contributed by atoms with Gasteiger partial charge < -0.3 is 15.0 Å². The third kappa shape index (κ3) is 3.18. The maximum Gasteiger partial charge on any atom is 0.227 e. The van der Waals surface area contributed by atoms with Gasteiger partial charge in [-0.1, -0.05) is 24.3 Å². The topological polar surface area (TPSA) is 41.6 Å². The van der Waals surface area contributed by atoms with Gasteiger partial charge in [0.1, 0.15) is 6.10 Å². The largest absolute Gasteiger partial charge is 0.370 e. The summed E-state index contributed by atoms with van der Waals surface area (Å²) in [5, 5.41) is 3.34. The Balaban J connectivity index is 1.73. The minimum absolute atomic E-state index is 0.00194. The fourth-order valence-corrected chi connectivity index (χ4v) is 3.50. The minimum Gasteiger partial charge on any atom is -0.370 e.